The number of benzene rings is 1. The number of hydrogen-bond acceptors (Lipinski definition) is 3. The second-order valence-electron chi connectivity index (χ2n) is 4.67. The van der Waals surface area contributed by atoms with Crippen LogP contribution in [0.4, 0.5) is 0 Å². The molecule has 0 saturated heterocycles. The first kappa shape index (κ1) is 10.7. The molecule has 0 radical (unpaired) electrons. The van der Waals surface area contributed by atoms with Gasteiger partial charge in [-0.1, -0.05) is 0 Å². The lowest BCUT2D eigenvalue weighted by molar-refractivity contribution is 0.131. The third kappa shape index (κ3) is 2.42. The van der Waals surface area contributed by atoms with Gasteiger partial charge in [-0.2, -0.15) is 0 Å². The van der Waals surface area contributed by atoms with Crippen molar-refractivity contribution in [2.75, 3.05) is 0 Å². The smallest absolute Gasteiger partial charge is 0.336 e. The Balaban J connectivity index is 2.47. The molecule has 0 atom stereocenters. The Bertz CT molecular complexity index is 561. The SMILES string of the molecule is CC(C)(C)Oc1ccc2ccc(=O)oc2c1. The van der Waals surface area contributed by atoms with Crippen molar-refractivity contribution in [3.05, 3.63) is 40.8 Å². The Hall–Kier alpha value is -1.77. The van der Waals surface area contributed by atoms with E-state index in [1.165, 1.54) is 6.07 Å². The topological polar surface area (TPSA) is 39.4 Å². The van der Waals surface area contributed by atoms with Crippen molar-refractivity contribution in [3.8, 4) is 5.75 Å². The average molecular weight is 218 g/mol. The minimum atomic E-state index is -0.347. The van der Waals surface area contributed by atoms with Gasteiger partial charge in [-0.15, -0.1) is 0 Å². The van der Waals surface area contributed by atoms with Gasteiger partial charge in [-0.3, -0.25) is 0 Å². The van der Waals surface area contributed by atoms with E-state index in [1.807, 2.05) is 32.9 Å². The van der Waals surface area contributed by atoms with Crippen molar-refractivity contribution in [2.24, 2.45) is 0 Å². The van der Waals surface area contributed by atoms with Crippen molar-refractivity contribution in [2.45, 2.75) is 26.4 Å². The lowest BCUT2D eigenvalue weighted by Crippen LogP contribution is -2.22. The molecule has 1 heterocycles. The fourth-order valence-corrected chi connectivity index (χ4v) is 1.46. The maximum atomic E-state index is 11.1. The first-order chi connectivity index (χ1) is 7.44. The lowest BCUT2D eigenvalue weighted by Gasteiger charge is -2.21. The Morgan fingerprint density at radius 1 is 1.12 bits per heavy atom. The van der Waals surface area contributed by atoms with Crippen LogP contribution in [-0.2, 0) is 0 Å². The Morgan fingerprint density at radius 2 is 1.81 bits per heavy atom. The van der Waals surface area contributed by atoms with Crippen LogP contribution in [0.2, 0.25) is 0 Å². The van der Waals surface area contributed by atoms with E-state index in [9.17, 15) is 4.79 Å². The Morgan fingerprint density at radius 3 is 2.50 bits per heavy atom. The van der Waals surface area contributed by atoms with E-state index in [0.29, 0.717) is 11.3 Å². The summed E-state index contributed by atoms with van der Waals surface area (Å²) in [6, 6.07) is 8.63. The van der Waals surface area contributed by atoms with Crippen LogP contribution in [0.15, 0.2) is 39.5 Å². The maximum Gasteiger partial charge on any atom is 0.336 e. The zero-order valence-corrected chi connectivity index (χ0v) is 9.61. The third-order valence-corrected chi connectivity index (χ3v) is 2.02. The molecule has 1 aromatic heterocycles. The molecule has 2 aromatic rings. The van der Waals surface area contributed by atoms with Gasteiger partial charge >= 0.3 is 5.63 Å². The second kappa shape index (κ2) is 3.67. The summed E-state index contributed by atoms with van der Waals surface area (Å²) in [6.07, 6.45) is 0. The third-order valence-electron chi connectivity index (χ3n) is 2.02. The lowest BCUT2D eigenvalue weighted by atomic mass is 10.2. The molecule has 0 aliphatic heterocycles. The molecule has 3 nitrogen and oxygen atoms in total. The minimum Gasteiger partial charge on any atom is -0.488 e. The summed E-state index contributed by atoms with van der Waals surface area (Å²) in [7, 11) is 0. The van der Waals surface area contributed by atoms with Gasteiger partial charge < -0.3 is 9.15 Å². The van der Waals surface area contributed by atoms with Crippen LogP contribution in [0.25, 0.3) is 11.0 Å². The molecular weight excluding hydrogens is 204 g/mol. The van der Waals surface area contributed by atoms with E-state index < -0.39 is 0 Å². The highest BCUT2D eigenvalue weighted by atomic mass is 16.5. The first-order valence-electron chi connectivity index (χ1n) is 5.17. The molecule has 0 bridgehead atoms. The van der Waals surface area contributed by atoms with Crippen LogP contribution < -0.4 is 10.4 Å². The van der Waals surface area contributed by atoms with Crippen LogP contribution in [0, 0.1) is 0 Å². The Kier molecular flexibility index (Phi) is 2.46. The molecular formula is C13H14O3. The predicted molar refractivity (Wildman–Crippen MR) is 62.9 cm³/mol. The molecule has 0 fully saturated rings. The van der Waals surface area contributed by atoms with Crippen LogP contribution in [0.1, 0.15) is 20.8 Å². The summed E-state index contributed by atoms with van der Waals surface area (Å²) in [6.45, 7) is 5.91. The van der Waals surface area contributed by atoms with Crippen molar-refractivity contribution >= 4 is 11.0 Å². The summed E-state index contributed by atoms with van der Waals surface area (Å²) < 4.78 is 10.8. The average Bonchev–Trinajstić information content (AvgIpc) is 2.14. The van der Waals surface area contributed by atoms with Crippen LogP contribution in [0.3, 0.4) is 0 Å². The molecule has 0 N–H and O–H groups in total. The Labute approximate surface area is 93.7 Å². The standard InChI is InChI=1S/C13H14O3/c1-13(2,3)16-10-6-4-9-5-7-12(14)15-11(9)8-10/h4-8H,1-3H3. The monoisotopic (exact) mass is 218 g/mol. The van der Waals surface area contributed by atoms with Gasteiger partial charge in [-0.05, 0) is 39.0 Å². The first-order valence-corrected chi connectivity index (χ1v) is 5.17. The minimum absolute atomic E-state index is 0.261. The molecule has 3 heteroatoms. The van der Waals surface area contributed by atoms with Crippen LogP contribution in [-0.4, -0.2) is 5.60 Å². The molecule has 0 spiro atoms. The summed E-state index contributed by atoms with van der Waals surface area (Å²) >= 11 is 0. The van der Waals surface area contributed by atoms with Gasteiger partial charge in [0, 0.05) is 17.5 Å². The highest BCUT2D eigenvalue weighted by Gasteiger charge is 2.12. The van der Waals surface area contributed by atoms with Crippen LogP contribution >= 0.6 is 0 Å². The zero-order chi connectivity index (χ0) is 11.8. The summed E-state index contributed by atoms with van der Waals surface area (Å²) in [5.41, 5.74) is -0.0578. The summed E-state index contributed by atoms with van der Waals surface area (Å²) in [5, 5.41) is 0.890. The molecule has 0 unspecified atom stereocenters. The van der Waals surface area contributed by atoms with Gasteiger partial charge in [0.25, 0.3) is 0 Å². The van der Waals surface area contributed by atoms with Gasteiger partial charge in [0.2, 0.25) is 0 Å². The maximum absolute atomic E-state index is 11.1. The van der Waals surface area contributed by atoms with E-state index in [0.717, 1.165) is 5.39 Å². The normalized spacial score (nSPS) is 11.7. The van der Waals surface area contributed by atoms with Gasteiger partial charge in [0.05, 0.1) is 0 Å². The molecule has 0 aliphatic rings. The largest absolute Gasteiger partial charge is 0.488 e. The highest BCUT2D eigenvalue weighted by molar-refractivity contribution is 5.77. The van der Waals surface area contributed by atoms with Gasteiger partial charge in [0.1, 0.15) is 16.9 Å². The van der Waals surface area contributed by atoms with Gasteiger partial charge in [0.15, 0.2) is 0 Å². The molecule has 0 saturated carbocycles. The molecule has 0 aliphatic carbocycles. The fraction of sp³-hybridized carbons (Fsp3) is 0.308. The van der Waals surface area contributed by atoms with Crippen molar-refractivity contribution in [1.82, 2.24) is 0 Å². The van der Waals surface area contributed by atoms with Crippen LogP contribution in [0.5, 0.6) is 5.75 Å². The fourth-order valence-electron chi connectivity index (χ4n) is 1.46. The van der Waals surface area contributed by atoms with Crippen molar-refractivity contribution in [3.63, 3.8) is 0 Å². The van der Waals surface area contributed by atoms with Gasteiger partial charge in [-0.25, -0.2) is 4.79 Å². The summed E-state index contributed by atoms with van der Waals surface area (Å²) in [4.78, 5) is 11.1. The number of fused-ring (bicyclic) bond motifs is 1. The van der Waals surface area contributed by atoms with Crippen molar-refractivity contribution in [1.29, 1.82) is 0 Å². The number of ether oxygens (including phenoxy) is 1. The molecule has 84 valence electrons. The molecule has 1 aromatic carbocycles. The molecule has 0 amide bonds. The van der Waals surface area contributed by atoms with E-state index in [4.69, 9.17) is 9.15 Å². The highest BCUT2D eigenvalue weighted by Crippen LogP contribution is 2.22. The van der Waals surface area contributed by atoms with Crippen molar-refractivity contribution < 1.29 is 9.15 Å². The summed E-state index contributed by atoms with van der Waals surface area (Å²) in [5.74, 6) is 0.703. The van der Waals surface area contributed by atoms with E-state index in [1.54, 1.807) is 12.1 Å². The van der Waals surface area contributed by atoms with E-state index >= 15 is 0 Å². The van der Waals surface area contributed by atoms with E-state index in [-0.39, 0.29) is 11.2 Å². The molecule has 16 heavy (non-hydrogen) atoms. The predicted octanol–water partition coefficient (Wildman–Crippen LogP) is 2.97. The number of hydrogen-bond donors (Lipinski definition) is 0. The molecule has 2 rings (SSSR count). The quantitative estimate of drug-likeness (QED) is 0.691. The second-order valence-corrected chi connectivity index (χ2v) is 4.67. The zero-order valence-electron chi connectivity index (χ0n) is 9.61. The van der Waals surface area contributed by atoms with E-state index in [2.05, 4.69) is 0 Å². The number of rotatable bonds is 1.